The molecule has 5 atom stereocenters. The van der Waals surface area contributed by atoms with Gasteiger partial charge in [-0.25, -0.2) is 4.79 Å². The van der Waals surface area contributed by atoms with Gasteiger partial charge in [-0.2, -0.15) is 0 Å². The predicted octanol–water partition coefficient (Wildman–Crippen LogP) is 3.02. The molecule has 0 amide bonds. The molecule has 1 saturated heterocycles. The van der Waals surface area contributed by atoms with Gasteiger partial charge in [-0.15, -0.1) is 0 Å². The molecule has 4 rings (SSSR count). The van der Waals surface area contributed by atoms with Crippen molar-refractivity contribution in [2.45, 2.75) is 30.7 Å². The van der Waals surface area contributed by atoms with Crippen LogP contribution >= 0.6 is 32.9 Å². The molecule has 4 N–H and O–H groups in total. The summed E-state index contributed by atoms with van der Waals surface area (Å²) in [5.74, 6) is 0.163. The standard InChI is InChI=1S/C26H26O10S3/c1-32-16-9-13(3-8-20(28)34-15-6-4-14(5-7-15)19-11-21(37)39-38-19)10-17(33-2)25(16)36-26-24(31)23(30)22(29)18(12-27)35-26/h3-11,18,22-24,26-27,29-31H,12H2,1-2H3/b8-3+/t18-,22-,23+,24-,26+/m0/s1. The number of rotatable bonds is 9. The van der Waals surface area contributed by atoms with Crippen LogP contribution in [0.2, 0.25) is 0 Å². The molecule has 2 heterocycles. The number of carbonyl (C=O) groups is 1. The van der Waals surface area contributed by atoms with E-state index >= 15 is 0 Å². The second kappa shape index (κ2) is 13.0. The fourth-order valence-electron chi connectivity index (χ4n) is 3.77. The Labute approximate surface area is 236 Å². The van der Waals surface area contributed by atoms with Crippen molar-refractivity contribution in [1.82, 2.24) is 0 Å². The monoisotopic (exact) mass is 594 g/mol. The highest BCUT2D eigenvalue weighted by molar-refractivity contribution is 7.80. The van der Waals surface area contributed by atoms with E-state index < -0.39 is 43.3 Å². The van der Waals surface area contributed by atoms with Crippen LogP contribution in [0, 0.1) is 3.82 Å². The van der Waals surface area contributed by atoms with Gasteiger partial charge in [-0.05, 0) is 59.7 Å². The lowest BCUT2D eigenvalue weighted by Crippen LogP contribution is -2.60. The molecule has 1 aromatic heterocycles. The van der Waals surface area contributed by atoms with Gasteiger partial charge in [0.2, 0.25) is 12.0 Å². The van der Waals surface area contributed by atoms with Crippen LogP contribution in [0.3, 0.4) is 0 Å². The zero-order valence-electron chi connectivity index (χ0n) is 20.8. The first-order valence-electron chi connectivity index (χ1n) is 11.6. The first-order valence-corrected chi connectivity index (χ1v) is 14.1. The molecule has 10 nitrogen and oxygen atoms in total. The molecule has 2 aromatic carbocycles. The minimum absolute atomic E-state index is 0.0406. The number of hydrogen-bond donors (Lipinski definition) is 4. The van der Waals surface area contributed by atoms with Gasteiger partial charge >= 0.3 is 5.97 Å². The number of carbonyl (C=O) groups excluding carboxylic acids is 1. The molecule has 0 unspecified atom stereocenters. The van der Waals surface area contributed by atoms with E-state index in [1.807, 2.05) is 18.2 Å². The van der Waals surface area contributed by atoms with Crippen molar-refractivity contribution in [1.29, 1.82) is 0 Å². The number of methoxy groups -OCH3 is 2. The SMILES string of the molecule is COc1cc(/C=C/C(=O)Oc2ccc(-c3cc(=S)ss3)cc2)cc(OC)c1O[C@H]1O[C@@H](CO)[C@H](O)[C@@H](O)[C@@H]1O. The molecule has 1 aliphatic heterocycles. The fourth-order valence-corrected chi connectivity index (χ4v) is 6.17. The van der Waals surface area contributed by atoms with E-state index in [1.54, 1.807) is 34.6 Å². The normalized spacial score (nSPS) is 23.0. The van der Waals surface area contributed by atoms with Crippen molar-refractivity contribution >= 4 is 44.9 Å². The maximum atomic E-state index is 12.4. The van der Waals surface area contributed by atoms with Crippen molar-refractivity contribution in [3.8, 4) is 33.4 Å². The lowest BCUT2D eigenvalue weighted by molar-refractivity contribution is -0.277. The van der Waals surface area contributed by atoms with Gasteiger partial charge in [-0.3, -0.25) is 0 Å². The highest BCUT2D eigenvalue weighted by Gasteiger charge is 2.45. The molecule has 3 aromatic rings. The predicted molar refractivity (Wildman–Crippen MR) is 147 cm³/mol. The molecule has 0 radical (unpaired) electrons. The van der Waals surface area contributed by atoms with E-state index in [4.69, 9.17) is 35.9 Å². The van der Waals surface area contributed by atoms with Crippen LogP contribution in [0.1, 0.15) is 5.56 Å². The van der Waals surface area contributed by atoms with E-state index in [1.165, 1.54) is 36.7 Å². The Bertz CT molecular complexity index is 1340. The van der Waals surface area contributed by atoms with Gasteiger partial charge in [0.15, 0.2) is 11.5 Å². The van der Waals surface area contributed by atoms with Crippen LogP contribution in [0.4, 0.5) is 0 Å². The smallest absolute Gasteiger partial charge is 0.336 e. The van der Waals surface area contributed by atoms with Crippen LogP contribution < -0.4 is 18.9 Å². The van der Waals surface area contributed by atoms with E-state index in [0.29, 0.717) is 11.3 Å². The average Bonchev–Trinajstić information content (AvgIpc) is 3.38. The number of esters is 1. The Hall–Kier alpha value is -2.88. The molecule has 0 bridgehead atoms. The minimum Gasteiger partial charge on any atom is -0.493 e. The number of aliphatic hydroxyl groups excluding tert-OH is 4. The zero-order chi connectivity index (χ0) is 28.1. The van der Waals surface area contributed by atoms with E-state index in [0.717, 1.165) is 14.3 Å². The van der Waals surface area contributed by atoms with Crippen LogP contribution in [0.15, 0.2) is 48.5 Å². The Kier molecular flexibility index (Phi) is 9.69. The van der Waals surface area contributed by atoms with Gasteiger partial charge in [0.05, 0.1) is 20.8 Å². The molecule has 208 valence electrons. The molecular weight excluding hydrogens is 568 g/mol. The number of aliphatic hydroxyl groups is 4. The average molecular weight is 595 g/mol. The Morgan fingerprint density at radius 2 is 1.67 bits per heavy atom. The summed E-state index contributed by atoms with van der Waals surface area (Å²) in [5.41, 5.74) is 1.49. The third kappa shape index (κ3) is 6.83. The summed E-state index contributed by atoms with van der Waals surface area (Å²) in [5, 5.41) is 39.8. The van der Waals surface area contributed by atoms with Crippen molar-refractivity contribution in [3.05, 3.63) is 57.9 Å². The summed E-state index contributed by atoms with van der Waals surface area (Å²) >= 11 is 5.17. The van der Waals surface area contributed by atoms with Gasteiger partial charge in [0.25, 0.3) is 0 Å². The van der Waals surface area contributed by atoms with E-state index in [-0.39, 0.29) is 17.2 Å². The maximum Gasteiger partial charge on any atom is 0.336 e. The molecule has 13 heteroatoms. The number of benzene rings is 2. The van der Waals surface area contributed by atoms with Crippen molar-refractivity contribution in [2.24, 2.45) is 0 Å². The zero-order valence-corrected chi connectivity index (χ0v) is 23.2. The summed E-state index contributed by atoms with van der Waals surface area (Å²) in [4.78, 5) is 13.5. The molecule has 0 spiro atoms. The van der Waals surface area contributed by atoms with Crippen molar-refractivity contribution < 1.29 is 48.9 Å². The Morgan fingerprint density at radius 1 is 1.00 bits per heavy atom. The van der Waals surface area contributed by atoms with Crippen LogP contribution in [0.25, 0.3) is 16.5 Å². The summed E-state index contributed by atoms with van der Waals surface area (Å²) in [6.07, 6.45) is -4.61. The summed E-state index contributed by atoms with van der Waals surface area (Å²) < 4.78 is 28.2. The molecule has 0 aliphatic carbocycles. The largest absolute Gasteiger partial charge is 0.493 e. The quantitative estimate of drug-likeness (QED) is 0.0954. The highest BCUT2D eigenvalue weighted by atomic mass is 32.9. The van der Waals surface area contributed by atoms with Crippen LogP contribution in [0.5, 0.6) is 23.0 Å². The lowest BCUT2D eigenvalue weighted by atomic mass is 9.99. The Morgan fingerprint density at radius 3 is 2.23 bits per heavy atom. The molecule has 39 heavy (non-hydrogen) atoms. The first-order chi connectivity index (χ1) is 18.7. The fraction of sp³-hybridized carbons (Fsp3) is 0.308. The molecule has 0 saturated carbocycles. The molecular formula is C26H26O10S3. The topological polar surface area (TPSA) is 144 Å². The van der Waals surface area contributed by atoms with E-state index in [2.05, 4.69) is 0 Å². The molecule has 1 fully saturated rings. The second-order valence-electron chi connectivity index (χ2n) is 8.34. The number of hydrogen-bond acceptors (Lipinski definition) is 13. The van der Waals surface area contributed by atoms with Gasteiger partial charge in [-0.1, -0.05) is 32.9 Å². The number of ether oxygens (including phenoxy) is 5. The summed E-state index contributed by atoms with van der Waals surface area (Å²) in [6.45, 7) is -0.603. The second-order valence-corrected chi connectivity index (χ2v) is 11.3. The third-order valence-electron chi connectivity index (χ3n) is 5.80. The van der Waals surface area contributed by atoms with Gasteiger partial charge in [0, 0.05) is 11.0 Å². The lowest BCUT2D eigenvalue weighted by Gasteiger charge is -2.39. The highest BCUT2D eigenvalue weighted by Crippen LogP contribution is 2.41. The maximum absolute atomic E-state index is 12.4. The third-order valence-corrected chi connectivity index (χ3v) is 8.71. The molecule has 1 aliphatic rings. The first kappa shape index (κ1) is 29.1. The summed E-state index contributed by atoms with van der Waals surface area (Å²) in [7, 11) is 5.87. The van der Waals surface area contributed by atoms with Gasteiger partial charge < -0.3 is 44.1 Å². The van der Waals surface area contributed by atoms with Gasteiger partial charge in [0.1, 0.15) is 34.0 Å². The Balaban J connectivity index is 1.47. The van der Waals surface area contributed by atoms with Crippen LogP contribution in [-0.2, 0) is 9.53 Å². The van der Waals surface area contributed by atoms with E-state index in [9.17, 15) is 25.2 Å². The summed E-state index contributed by atoms with van der Waals surface area (Å²) in [6, 6.07) is 12.1. The van der Waals surface area contributed by atoms with Crippen molar-refractivity contribution in [2.75, 3.05) is 20.8 Å². The van der Waals surface area contributed by atoms with Crippen molar-refractivity contribution in [3.63, 3.8) is 0 Å². The minimum atomic E-state index is -1.62. The van der Waals surface area contributed by atoms with Crippen LogP contribution in [-0.4, -0.2) is 77.9 Å².